The number of aromatic amines is 1. The number of aromatic nitrogens is 4. The van der Waals surface area contributed by atoms with Crippen molar-refractivity contribution < 1.29 is 0 Å². The normalized spacial score (nSPS) is 11.2. The fraction of sp³-hybridized carbons (Fsp3) is 0.286. The average molecular weight is 255 g/mol. The lowest BCUT2D eigenvalue weighted by Gasteiger charge is -2.03. The number of rotatable bonds is 6. The molecule has 0 fully saturated rings. The van der Waals surface area contributed by atoms with E-state index in [1.165, 1.54) is 0 Å². The van der Waals surface area contributed by atoms with Crippen molar-refractivity contribution in [2.75, 3.05) is 6.54 Å². The number of benzene rings is 1. The molecule has 3 rings (SSSR count). The summed E-state index contributed by atoms with van der Waals surface area (Å²) in [6.07, 6.45) is 6.72. The van der Waals surface area contributed by atoms with Gasteiger partial charge >= 0.3 is 0 Å². The van der Waals surface area contributed by atoms with Crippen LogP contribution in [0, 0.1) is 0 Å². The number of para-hydroxylation sites is 2. The lowest BCUT2D eigenvalue weighted by molar-refractivity contribution is 0.574. The van der Waals surface area contributed by atoms with Crippen LogP contribution in [-0.2, 0) is 13.1 Å². The Labute approximate surface area is 111 Å². The summed E-state index contributed by atoms with van der Waals surface area (Å²) >= 11 is 0. The van der Waals surface area contributed by atoms with Gasteiger partial charge in [-0.05, 0) is 25.1 Å². The molecule has 2 aromatic heterocycles. The highest BCUT2D eigenvalue weighted by molar-refractivity contribution is 5.74. The summed E-state index contributed by atoms with van der Waals surface area (Å²) in [5, 5.41) is 3.40. The molecular formula is C14H17N5. The molecule has 0 saturated carbocycles. The third-order valence-electron chi connectivity index (χ3n) is 3.06. The van der Waals surface area contributed by atoms with Gasteiger partial charge < -0.3 is 14.9 Å². The highest BCUT2D eigenvalue weighted by atomic mass is 15.0. The molecule has 98 valence electrons. The van der Waals surface area contributed by atoms with Crippen LogP contribution in [0.3, 0.4) is 0 Å². The molecular weight excluding hydrogens is 238 g/mol. The van der Waals surface area contributed by atoms with Crippen LogP contribution in [0.4, 0.5) is 0 Å². The summed E-state index contributed by atoms with van der Waals surface area (Å²) in [6.45, 7) is 2.74. The van der Waals surface area contributed by atoms with E-state index in [0.717, 1.165) is 42.9 Å². The molecule has 0 spiro atoms. The first-order chi connectivity index (χ1) is 9.42. The molecule has 0 unspecified atom stereocenters. The van der Waals surface area contributed by atoms with E-state index >= 15 is 0 Å². The van der Waals surface area contributed by atoms with Crippen LogP contribution >= 0.6 is 0 Å². The Morgan fingerprint density at radius 3 is 3.05 bits per heavy atom. The van der Waals surface area contributed by atoms with E-state index in [2.05, 4.69) is 24.8 Å². The molecule has 5 nitrogen and oxygen atoms in total. The van der Waals surface area contributed by atoms with E-state index < -0.39 is 0 Å². The minimum absolute atomic E-state index is 0.776. The summed E-state index contributed by atoms with van der Waals surface area (Å²) in [5.74, 6) is 0.990. The van der Waals surface area contributed by atoms with Crippen LogP contribution in [0.25, 0.3) is 11.0 Å². The molecule has 0 saturated heterocycles. The third-order valence-corrected chi connectivity index (χ3v) is 3.06. The molecule has 1 aromatic carbocycles. The lowest BCUT2D eigenvalue weighted by atomic mass is 10.3. The topological polar surface area (TPSA) is 58.5 Å². The van der Waals surface area contributed by atoms with Gasteiger partial charge in [0.1, 0.15) is 5.82 Å². The molecule has 2 N–H and O–H groups in total. The Hall–Kier alpha value is -2.14. The van der Waals surface area contributed by atoms with Crippen LogP contribution in [0.5, 0.6) is 0 Å². The van der Waals surface area contributed by atoms with Crippen LogP contribution in [0.2, 0.25) is 0 Å². The Morgan fingerprint density at radius 1 is 1.26 bits per heavy atom. The smallest absolute Gasteiger partial charge is 0.121 e. The van der Waals surface area contributed by atoms with Crippen molar-refractivity contribution in [3.63, 3.8) is 0 Å². The van der Waals surface area contributed by atoms with Crippen molar-refractivity contribution in [2.45, 2.75) is 19.5 Å². The highest BCUT2D eigenvalue weighted by Crippen LogP contribution is 2.09. The van der Waals surface area contributed by atoms with Gasteiger partial charge in [0.25, 0.3) is 0 Å². The number of hydrogen-bond acceptors (Lipinski definition) is 3. The predicted octanol–water partition coefficient (Wildman–Crippen LogP) is 1.94. The monoisotopic (exact) mass is 255 g/mol. The third kappa shape index (κ3) is 3.00. The van der Waals surface area contributed by atoms with E-state index in [0.29, 0.717) is 0 Å². The number of nitrogens with one attached hydrogen (secondary N) is 2. The van der Waals surface area contributed by atoms with Crippen molar-refractivity contribution in [1.82, 2.24) is 24.8 Å². The number of nitrogens with zero attached hydrogens (tertiary/aromatic N) is 3. The standard InChI is InChI=1S/C14H17N5/c1-2-5-13-12(4-1)17-14(18-13)10-15-6-3-8-19-9-7-16-11-19/h1-2,4-5,7,9,11,15H,3,6,8,10H2,(H,17,18). The second-order valence-corrected chi connectivity index (χ2v) is 4.53. The quantitative estimate of drug-likeness (QED) is 0.662. The van der Waals surface area contributed by atoms with Gasteiger partial charge in [-0.2, -0.15) is 0 Å². The maximum Gasteiger partial charge on any atom is 0.121 e. The van der Waals surface area contributed by atoms with Crippen LogP contribution in [-0.4, -0.2) is 26.1 Å². The molecule has 0 amide bonds. The maximum absolute atomic E-state index is 4.53. The van der Waals surface area contributed by atoms with Gasteiger partial charge in [-0.25, -0.2) is 9.97 Å². The first-order valence-electron chi connectivity index (χ1n) is 6.52. The lowest BCUT2D eigenvalue weighted by Crippen LogP contribution is -2.17. The van der Waals surface area contributed by atoms with Crippen LogP contribution < -0.4 is 5.32 Å². The molecule has 19 heavy (non-hydrogen) atoms. The predicted molar refractivity (Wildman–Crippen MR) is 74.6 cm³/mol. The Morgan fingerprint density at radius 2 is 2.21 bits per heavy atom. The van der Waals surface area contributed by atoms with E-state index in [1.807, 2.05) is 43.0 Å². The fourth-order valence-corrected chi connectivity index (χ4v) is 2.10. The fourth-order valence-electron chi connectivity index (χ4n) is 2.10. The Balaban J connectivity index is 1.44. The minimum Gasteiger partial charge on any atom is -0.341 e. The van der Waals surface area contributed by atoms with Gasteiger partial charge in [0.05, 0.1) is 23.9 Å². The van der Waals surface area contributed by atoms with E-state index in [1.54, 1.807) is 0 Å². The van der Waals surface area contributed by atoms with Crippen molar-refractivity contribution in [3.8, 4) is 0 Å². The molecule has 5 heteroatoms. The van der Waals surface area contributed by atoms with Gasteiger partial charge in [0, 0.05) is 18.9 Å². The zero-order chi connectivity index (χ0) is 12.9. The van der Waals surface area contributed by atoms with Gasteiger partial charge in [-0.1, -0.05) is 12.1 Å². The van der Waals surface area contributed by atoms with E-state index in [-0.39, 0.29) is 0 Å². The number of H-pyrrole nitrogens is 1. The molecule has 0 bridgehead atoms. The zero-order valence-corrected chi connectivity index (χ0v) is 10.7. The van der Waals surface area contributed by atoms with Gasteiger partial charge in [0.15, 0.2) is 0 Å². The molecule has 0 aliphatic carbocycles. The molecule has 0 atom stereocenters. The van der Waals surface area contributed by atoms with Crippen molar-refractivity contribution in [1.29, 1.82) is 0 Å². The number of aryl methyl sites for hydroxylation is 1. The Bertz CT molecular complexity index is 593. The number of hydrogen-bond donors (Lipinski definition) is 2. The first-order valence-corrected chi connectivity index (χ1v) is 6.52. The minimum atomic E-state index is 0.776. The molecule has 2 heterocycles. The molecule has 0 radical (unpaired) electrons. The largest absolute Gasteiger partial charge is 0.341 e. The van der Waals surface area contributed by atoms with Gasteiger partial charge in [-0.15, -0.1) is 0 Å². The second-order valence-electron chi connectivity index (χ2n) is 4.53. The zero-order valence-electron chi connectivity index (χ0n) is 10.7. The van der Waals surface area contributed by atoms with Crippen molar-refractivity contribution in [3.05, 3.63) is 48.8 Å². The molecule has 0 aliphatic heterocycles. The number of imidazole rings is 2. The average Bonchev–Trinajstić information content (AvgIpc) is 3.06. The summed E-state index contributed by atoms with van der Waals surface area (Å²) in [4.78, 5) is 11.9. The first kappa shape index (κ1) is 11.9. The Kier molecular flexibility index (Phi) is 3.56. The maximum atomic E-state index is 4.53. The second kappa shape index (κ2) is 5.67. The summed E-state index contributed by atoms with van der Waals surface area (Å²) in [5.41, 5.74) is 2.12. The SMILES string of the molecule is c1ccc2[nH]c(CNCCCn3ccnc3)nc2c1. The van der Waals surface area contributed by atoms with Crippen LogP contribution in [0.1, 0.15) is 12.2 Å². The summed E-state index contributed by atoms with van der Waals surface area (Å²) in [7, 11) is 0. The highest BCUT2D eigenvalue weighted by Gasteiger charge is 2.00. The van der Waals surface area contributed by atoms with E-state index in [9.17, 15) is 0 Å². The summed E-state index contributed by atoms with van der Waals surface area (Å²) in [6, 6.07) is 8.09. The van der Waals surface area contributed by atoms with Crippen LogP contribution in [0.15, 0.2) is 43.0 Å². The molecule has 3 aromatic rings. The summed E-state index contributed by atoms with van der Waals surface area (Å²) < 4.78 is 2.09. The van der Waals surface area contributed by atoms with Gasteiger partial charge in [0.2, 0.25) is 0 Å². The van der Waals surface area contributed by atoms with Crippen molar-refractivity contribution >= 4 is 11.0 Å². The van der Waals surface area contributed by atoms with E-state index in [4.69, 9.17) is 0 Å². The van der Waals surface area contributed by atoms with Gasteiger partial charge in [-0.3, -0.25) is 0 Å². The number of fused-ring (bicyclic) bond motifs is 1. The molecule has 0 aliphatic rings. The van der Waals surface area contributed by atoms with Crippen molar-refractivity contribution in [2.24, 2.45) is 0 Å².